The van der Waals surface area contributed by atoms with Crippen LogP contribution in [0.25, 0.3) is 0 Å². The highest BCUT2D eigenvalue weighted by molar-refractivity contribution is 8.00. The topological polar surface area (TPSA) is 68.0 Å². The standard InChI is InChI=1S/C13H14ClN3O2S/c1-8(20-13-17-16-9(2)19-13)12(18)15-7-10-3-5-11(14)6-4-10/h3-6,8H,7H2,1-2H3,(H,15,18)/t8-/m1/s1. The summed E-state index contributed by atoms with van der Waals surface area (Å²) in [5.74, 6) is 0.405. The van der Waals surface area contributed by atoms with E-state index in [2.05, 4.69) is 15.5 Å². The number of aromatic nitrogens is 2. The number of halogens is 1. The van der Waals surface area contributed by atoms with E-state index in [1.54, 1.807) is 26.0 Å². The molecule has 1 atom stereocenters. The van der Waals surface area contributed by atoms with Gasteiger partial charge in [0.05, 0.1) is 5.25 Å². The van der Waals surface area contributed by atoms with Crippen LogP contribution in [0.4, 0.5) is 0 Å². The van der Waals surface area contributed by atoms with Crippen molar-refractivity contribution in [2.75, 3.05) is 0 Å². The van der Waals surface area contributed by atoms with Crippen molar-refractivity contribution in [3.05, 3.63) is 40.7 Å². The van der Waals surface area contributed by atoms with Crippen molar-refractivity contribution in [2.45, 2.75) is 30.9 Å². The minimum absolute atomic E-state index is 0.0826. The number of nitrogens with one attached hydrogen (secondary N) is 1. The summed E-state index contributed by atoms with van der Waals surface area (Å²) in [5, 5.41) is 11.2. The Morgan fingerprint density at radius 3 is 2.70 bits per heavy atom. The average Bonchev–Trinajstić information content (AvgIpc) is 2.83. The summed E-state index contributed by atoms with van der Waals surface area (Å²) in [4.78, 5) is 11.9. The number of thioether (sulfide) groups is 1. The number of nitrogens with zero attached hydrogens (tertiary/aromatic N) is 2. The van der Waals surface area contributed by atoms with Crippen LogP contribution in [-0.2, 0) is 11.3 Å². The number of benzene rings is 1. The van der Waals surface area contributed by atoms with Crippen molar-refractivity contribution in [3.63, 3.8) is 0 Å². The third-order valence-electron chi connectivity index (χ3n) is 2.53. The van der Waals surface area contributed by atoms with Gasteiger partial charge in [-0.1, -0.05) is 35.5 Å². The first-order valence-corrected chi connectivity index (χ1v) is 7.29. The highest BCUT2D eigenvalue weighted by atomic mass is 35.5. The lowest BCUT2D eigenvalue weighted by molar-refractivity contribution is -0.120. The highest BCUT2D eigenvalue weighted by Gasteiger charge is 2.17. The molecule has 0 saturated carbocycles. The number of aryl methyl sites for hydroxylation is 1. The number of carbonyl (C=O) groups excluding carboxylic acids is 1. The molecule has 1 N–H and O–H groups in total. The minimum atomic E-state index is -0.304. The molecule has 5 nitrogen and oxygen atoms in total. The summed E-state index contributed by atoms with van der Waals surface area (Å²) in [7, 11) is 0. The van der Waals surface area contributed by atoms with E-state index in [4.69, 9.17) is 16.0 Å². The largest absolute Gasteiger partial charge is 0.416 e. The van der Waals surface area contributed by atoms with Crippen LogP contribution >= 0.6 is 23.4 Å². The van der Waals surface area contributed by atoms with Crippen LogP contribution in [0.1, 0.15) is 18.4 Å². The third kappa shape index (κ3) is 4.25. The maximum Gasteiger partial charge on any atom is 0.277 e. The number of hydrogen-bond donors (Lipinski definition) is 1. The van der Waals surface area contributed by atoms with Crippen LogP contribution < -0.4 is 5.32 Å². The van der Waals surface area contributed by atoms with Gasteiger partial charge in [-0.3, -0.25) is 4.79 Å². The van der Waals surface area contributed by atoms with Gasteiger partial charge in [-0.15, -0.1) is 10.2 Å². The number of carbonyl (C=O) groups is 1. The van der Waals surface area contributed by atoms with E-state index in [1.165, 1.54) is 11.8 Å². The van der Waals surface area contributed by atoms with Crippen LogP contribution in [0, 0.1) is 6.92 Å². The Balaban J connectivity index is 1.83. The minimum Gasteiger partial charge on any atom is -0.416 e. The first-order valence-electron chi connectivity index (χ1n) is 6.03. The number of amides is 1. The summed E-state index contributed by atoms with van der Waals surface area (Å²) in [6.07, 6.45) is 0. The van der Waals surface area contributed by atoms with E-state index in [0.29, 0.717) is 22.7 Å². The molecule has 1 aromatic heterocycles. The third-order valence-corrected chi connectivity index (χ3v) is 3.72. The molecule has 0 radical (unpaired) electrons. The number of rotatable bonds is 5. The predicted octanol–water partition coefficient (Wildman–Crippen LogP) is 2.83. The van der Waals surface area contributed by atoms with Gasteiger partial charge in [0.1, 0.15) is 0 Å². The van der Waals surface area contributed by atoms with Gasteiger partial charge in [0.2, 0.25) is 11.8 Å². The molecule has 2 aromatic rings. The van der Waals surface area contributed by atoms with Crippen LogP contribution in [0.15, 0.2) is 33.9 Å². The van der Waals surface area contributed by atoms with Crippen LogP contribution in [0.5, 0.6) is 0 Å². The maximum atomic E-state index is 11.9. The fourth-order valence-corrected chi connectivity index (χ4v) is 2.34. The quantitative estimate of drug-likeness (QED) is 0.860. The monoisotopic (exact) mass is 311 g/mol. The van der Waals surface area contributed by atoms with Crippen LogP contribution in [0.2, 0.25) is 5.02 Å². The molecule has 0 spiro atoms. The smallest absolute Gasteiger partial charge is 0.277 e. The van der Waals surface area contributed by atoms with Crippen molar-refractivity contribution in [1.82, 2.24) is 15.5 Å². The summed E-state index contributed by atoms with van der Waals surface area (Å²) >= 11 is 7.04. The molecule has 0 aliphatic heterocycles. The number of hydrogen-bond acceptors (Lipinski definition) is 5. The summed E-state index contributed by atoms with van der Waals surface area (Å²) in [6, 6.07) is 7.34. The average molecular weight is 312 g/mol. The molecule has 0 aliphatic rings. The van der Waals surface area contributed by atoms with Crippen molar-refractivity contribution in [2.24, 2.45) is 0 Å². The molecule has 1 heterocycles. The molecule has 2 rings (SSSR count). The first kappa shape index (κ1) is 14.9. The van der Waals surface area contributed by atoms with E-state index in [1.807, 2.05) is 12.1 Å². The van der Waals surface area contributed by atoms with Gasteiger partial charge >= 0.3 is 0 Å². The van der Waals surface area contributed by atoms with Crippen molar-refractivity contribution in [1.29, 1.82) is 0 Å². The highest BCUT2D eigenvalue weighted by Crippen LogP contribution is 2.21. The lowest BCUT2D eigenvalue weighted by Crippen LogP contribution is -2.30. The first-order chi connectivity index (χ1) is 9.54. The van der Waals surface area contributed by atoms with Crippen molar-refractivity contribution < 1.29 is 9.21 Å². The molecule has 7 heteroatoms. The molecule has 0 saturated heterocycles. The fourth-order valence-electron chi connectivity index (χ4n) is 1.47. The Labute approximate surface area is 126 Å². The second-order valence-corrected chi connectivity index (χ2v) is 5.92. The van der Waals surface area contributed by atoms with E-state index >= 15 is 0 Å². The van der Waals surface area contributed by atoms with Crippen LogP contribution in [-0.4, -0.2) is 21.4 Å². The summed E-state index contributed by atoms with van der Waals surface area (Å²) < 4.78 is 5.23. The molecule has 0 bridgehead atoms. The molecule has 20 heavy (non-hydrogen) atoms. The Hall–Kier alpha value is -1.53. The molecule has 106 valence electrons. The van der Waals surface area contributed by atoms with Gasteiger partial charge in [-0.2, -0.15) is 0 Å². The fraction of sp³-hybridized carbons (Fsp3) is 0.308. The summed E-state index contributed by atoms with van der Waals surface area (Å²) in [6.45, 7) is 3.97. The van der Waals surface area contributed by atoms with Gasteiger partial charge in [-0.25, -0.2) is 0 Å². The summed E-state index contributed by atoms with van der Waals surface area (Å²) in [5.41, 5.74) is 0.994. The van der Waals surface area contributed by atoms with E-state index in [0.717, 1.165) is 5.56 Å². The Morgan fingerprint density at radius 2 is 2.10 bits per heavy atom. The van der Waals surface area contributed by atoms with Crippen molar-refractivity contribution >= 4 is 29.3 Å². The van der Waals surface area contributed by atoms with Gasteiger partial charge in [0.15, 0.2) is 0 Å². The zero-order chi connectivity index (χ0) is 14.5. The lowest BCUT2D eigenvalue weighted by atomic mass is 10.2. The zero-order valence-corrected chi connectivity index (χ0v) is 12.7. The Kier molecular flexibility index (Phi) is 5.03. The van der Waals surface area contributed by atoms with Crippen molar-refractivity contribution in [3.8, 4) is 0 Å². The molecule has 0 fully saturated rings. The lowest BCUT2D eigenvalue weighted by Gasteiger charge is -2.09. The second-order valence-electron chi connectivity index (χ2n) is 4.19. The Bertz CT molecular complexity index is 586. The van der Waals surface area contributed by atoms with Gasteiger partial charge in [-0.05, 0) is 24.6 Å². The molecule has 1 amide bonds. The van der Waals surface area contributed by atoms with E-state index in [-0.39, 0.29) is 11.2 Å². The molecule has 1 aromatic carbocycles. The normalized spacial score (nSPS) is 12.2. The van der Waals surface area contributed by atoms with E-state index in [9.17, 15) is 4.79 Å². The molecule has 0 aliphatic carbocycles. The zero-order valence-electron chi connectivity index (χ0n) is 11.1. The second kappa shape index (κ2) is 6.76. The van der Waals surface area contributed by atoms with Gasteiger partial charge < -0.3 is 9.73 Å². The predicted molar refractivity (Wildman–Crippen MR) is 77.7 cm³/mol. The van der Waals surface area contributed by atoms with Crippen LogP contribution in [0.3, 0.4) is 0 Å². The molecular formula is C13H14ClN3O2S. The molecule has 0 unspecified atom stereocenters. The Morgan fingerprint density at radius 1 is 1.40 bits per heavy atom. The van der Waals surface area contributed by atoms with Gasteiger partial charge in [0, 0.05) is 18.5 Å². The van der Waals surface area contributed by atoms with Gasteiger partial charge in [0.25, 0.3) is 5.22 Å². The maximum absolute atomic E-state index is 11.9. The SMILES string of the molecule is Cc1nnc(S[C@H](C)C(=O)NCc2ccc(Cl)cc2)o1. The van der Waals surface area contributed by atoms with E-state index < -0.39 is 0 Å². The molecular weight excluding hydrogens is 298 g/mol.